The van der Waals surface area contributed by atoms with E-state index in [1.807, 2.05) is 30.3 Å². The number of rotatable bonds is 6. The van der Waals surface area contributed by atoms with E-state index < -0.39 is 0 Å². The van der Waals surface area contributed by atoms with Crippen molar-refractivity contribution in [3.05, 3.63) is 41.7 Å². The molecule has 1 fully saturated rings. The molecule has 26 heavy (non-hydrogen) atoms. The fraction of sp³-hybridized carbons (Fsp3) is 0.353. The van der Waals surface area contributed by atoms with Crippen molar-refractivity contribution in [3.63, 3.8) is 0 Å². The van der Waals surface area contributed by atoms with Gasteiger partial charge in [0.05, 0.1) is 24.5 Å². The number of pyridine rings is 1. The van der Waals surface area contributed by atoms with Gasteiger partial charge in [-0.1, -0.05) is 17.7 Å². The lowest BCUT2D eigenvalue weighted by Gasteiger charge is -2.15. The molecule has 2 unspecified atom stereocenters. The summed E-state index contributed by atoms with van der Waals surface area (Å²) >= 11 is 7.15. The Labute approximate surface area is 160 Å². The molecule has 0 saturated heterocycles. The first-order valence-electron chi connectivity index (χ1n) is 8.45. The highest BCUT2D eigenvalue weighted by atomic mass is 35.5. The van der Waals surface area contributed by atoms with Crippen molar-refractivity contribution in [1.82, 2.24) is 19.6 Å². The zero-order valence-electron chi connectivity index (χ0n) is 14.0. The maximum absolute atomic E-state index is 6.22. The number of nitrogens with one attached hydrogen (secondary N) is 1. The SMILES string of the molecule is NSOCC1CCC(Nc2cc(Cl)nc3cc(-c4ccccn4)nn23)C1. The summed E-state index contributed by atoms with van der Waals surface area (Å²) < 4.78 is 7.06. The summed E-state index contributed by atoms with van der Waals surface area (Å²) in [5.74, 6) is 1.35. The van der Waals surface area contributed by atoms with Gasteiger partial charge in [0, 0.05) is 24.4 Å². The van der Waals surface area contributed by atoms with E-state index in [-0.39, 0.29) is 0 Å². The van der Waals surface area contributed by atoms with E-state index in [9.17, 15) is 0 Å². The summed E-state index contributed by atoms with van der Waals surface area (Å²) in [5.41, 5.74) is 2.26. The topological polar surface area (TPSA) is 90.4 Å². The van der Waals surface area contributed by atoms with E-state index in [1.54, 1.807) is 10.7 Å². The molecule has 136 valence electrons. The van der Waals surface area contributed by atoms with Crippen molar-refractivity contribution in [2.24, 2.45) is 11.1 Å². The first-order chi connectivity index (χ1) is 12.7. The molecule has 1 aliphatic carbocycles. The Balaban J connectivity index is 1.58. The molecule has 3 N–H and O–H groups in total. The molecule has 2 atom stereocenters. The smallest absolute Gasteiger partial charge is 0.159 e. The second kappa shape index (κ2) is 7.79. The van der Waals surface area contributed by atoms with Gasteiger partial charge in [0.15, 0.2) is 5.65 Å². The molecule has 0 spiro atoms. The Morgan fingerprint density at radius 1 is 1.31 bits per heavy atom. The van der Waals surface area contributed by atoms with Crippen molar-refractivity contribution >= 4 is 35.3 Å². The lowest BCUT2D eigenvalue weighted by molar-refractivity contribution is 0.290. The number of hydrogen-bond acceptors (Lipinski definition) is 7. The Hall–Kier alpha value is -1.87. The summed E-state index contributed by atoms with van der Waals surface area (Å²) in [6.07, 6.45) is 4.95. The molecule has 1 aliphatic rings. The molecular weight excluding hydrogens is 372 g/mol. The zero-order chi connectivity index (χ0) is 17.9. The minimum absolute atomic E-state index is 0.343. The summed E-state index contributed by atoms with van der Waals surface area (Å²) in [7, 11) is 0. The van der Waals surface area contributed by atoms with Crippen molar-refractivity contribution < 1.29 is 4.18 Å². The molecule has 9 heteroatoms. The molecule has 7 nitrogen and oxygen atoms in total. The average Bonchev–Trinajstić information content (AvgIpc) is 3.27. The van der Waals surface area contributed by atoms with Gasteiger partial charge in [-0.2, -0.15) is 9.61 Å². The van der Waals surface area contributed by atoms with Crippen molar-refractivity contribution in [2.45, 2.75) is 25.3 Å². The number of halogens is 1. The van der Waals surface area contributed by atoms with Crippen LogP contribution in [0.1, 0.15) is 19.3 Å². The van der Waals surface area contributed by atoms with Crippen LogP contribution in [0.15, 0.2) is 36.5 Å². The van der Waals surface area contributed by atoms with Crippen LogP contribution in [0.2, 0.25) is 5.15 Å². The van der Waals surface area contributed by atoms with Crippen LogP contribution in [-0.2, 0) is 4.18 Å². The van der Waals surface area contributed by atoms with Crippen molar-refractivity contribution in [1.29, 1.82) is 0 Å². The van der Waals surface area contributed by atoms with Gasteiger partial charge in [-0.25, -0.2) is 4.98 Å². The van der Waals surface area contributed by atoms with Gasteiger partial charge in [0.2, 0.25) is 0 Å². The van der Waals surface area contributed by atoms with Gasteiger partial charge in [-0.05, 0) is 37.3 Å². The van der Waals surface area contributed by atoms with Crippen LogP contribution in [0.3, 0.4) is 0 Å². The predicted molar refractivity (Wildman–Crippen MR) is 104 cm³/mol. The summed E-state index contributed by atoms with van der Waals surface area (Å²) in [6.45, 7) is 0.678. The molecule has 0 aromatic carbocycles. The lowest BCUT2D eigenvalue weighted by Crippen LogP contribution is -2.19. The summed E-state index contributed by atoms with van der Waals surface area (Å²) in [6, 6.07) is 9.78. The third kappa shape index (κ3) is 3.78. The molecule has 0 amide bonds. The molecule has 3 aromatic rings. The second-order valence-electron chi connectivity index (χ2n) is 6.38. The van der Waals surface area contributed by atoms with E-state index in [2.05, 4.69) is 20.4 Å². The first-order valence-corrected chi connectivity index (χ1v) is 9.64. The monoisotopic (exact) mass is 390 g/mol. The molecule has 3 aromatic heterocycles. The largest absolute Gasteiger partial charge is 0.367 e. The summed E-state index contributed by atoms with van der Waals surface area (Å²) in [4.78, 5) is 8.73. The Kier molecular flexibility index (Phi) is 5.26. The van der Waals surface area contributed by atoms with Gasteiger partial charge in [-0.3, -0.25) is 10.1 Å². The summed E-state index contributed by atoms with van der Waals surface area (Å²) in [5, 5.41) is 14.0. The van der Waals surface area contributed by atoms with Gasteiger partial charge in [-0.15, -0.1) is 0 Å². The van der Waals surface area contributed by atoms with Gasteiger partial charge in [0.1, 0.15) is 16.7 Å². The molecule has 0 aliphatic heterocycles. The number of aromatic nitrogens is 4. The first kappa shape index (κ1) is 17.5. The van der Waals surface area contributed by atoms with Gasteiger partial charge < -0.3 is 9.50 Å². The van der Waals surface area contributed by atoms with E-state index >= 15 is 0 Å². The van der Waals surface area contributed by atoms with Crippen LogP contribution in [0.25, 0.3) is 17.0 Å². The van der Waals surface area contributed by atoms with Crippen LogP contribution in [-0.4, -0.2) is 32.2 Å². The molecule has 4 rings (SSSR count). The quantitative estimate of drug-likeness (QED) is 0.377. The second-order valence-corrected chi connectivity index (χ2v) is 7.20. The molecular formula is C17H19ClN6OS. The highest BCUT2D eigenvalue weighted by Gasteiger charge is 2.25. The molecule has 1 saturated carbocycles. The van der Waals surface area contributed by atoms with Gasteiger partial charge >= 0.3 is 0 Å². The number of anilines is 1. The standard InChI is InChI=1S/C17H19ClN6OS/c18-15-9-17(21-12-5-4-11(7-12)10-25-26-19)24-16(22-15)8-14(23-24)13-3-1-2-6-20-13/h1-3,6,8-9,11-12,21H,4-5,7,10,19H2. The Bertz CT molecular complexity index is 890. The maximum Gasteiger partial charge on any atom is 0.159 e. The Morgan fingerprint density at radius 3 is 3.04 bits per heavy atom. The number of nitrogens with two attached hydrogens (primary N) is 1. The molecule has 0 bridgehead atoms. The molecule has 3 heterocycles. The van der Waals surface area contributed by atoms with E-state index in [0.717, 1.165) is 48.7 Å². The maximum atomic E-state index is 6.22. The number of fused-ring (bicyclic) bond motifs is 1. The van der Waals surface area contributed by atoms with E-state index in [0.29, 0.717) is 29.4 Å². The van der Waals surface area contributed by atoms with Crippen LogP contribution >= 0.6 is 23.8 Å². The predicted octanol–water partition coefficient (Wildman–Crippen LogP) is 3.56. The number of hydrogen-bond donors (Lipinski definition) is 2. The van der Waals surface area contributed by atoms with Crippen molar-refractivity contribution in [2.75, 3.05) is 11.9 Å². The zero-order valence-corrected chi connectivity index (χ0v) is 15.6. The third-order valence-corrected chi connectivity index (χ3v) is 5.05. The van der Waals surface area contributed by atoms with Gasteiger partial charge in [0.25, 0.3) is 0 Å². The van der Waals surface area contributed by atoms with Crippen LogP contribution in [0.4, 0.5) is 5.82 Å². The van der Waals surface area contributed by atoms with E-state index in [4.69, 9.17) is 20.9 Å². The normalized spacial score (nSPS) is 19.9. The van der Waals surface area contributed by atoms with Crippen molar-refractivity contribution in [3.8, 4) is 11.4 Å². The molecule has 0 radical (unpaired) electrons. The third-order valence-electron chi connectivity index (χ3n) is 4.59. The highest BCUT2D eigenvalue weighted by molar-refractivity contribution is 7.92. The van der Waals surface area contributed by atoms with Crippen LogP contribution in [0.5, 0.6) is 0 Å². The Morgan fingerprint density at radius 2 is 2.23 bits per heavy atom. The van der Waals surface area contributed by atoms with Crippen LogP contribution in [0, 0.1) is 5.92 Å². The fourth-order valence-electron chi connectivity index (χ4n) is 3.39. The minimum atomic E-state index is 0.343. The van der Waals surface area contributed by atoms with E-state index in [1.165, 1.54) is 0 Å². The lowest BCUT2D eigenvalue weighted by atomic mass is 10.1. The number of nitrogens with zero attached hydrogens (tertiary/aromatic N) is 4. The minimum Gasteiger partial charge on any atom is -0.367 e. The average molecular weight is 391 g/mol. The van der Waals surface area contributed by atoms with Crippen LogP contribution < -0.4 is 10.5 Å². The fourth-order valence-corrected chi connectivity index (χ4v) is 3.85. The highest BCUT2D eigenvalue weighted by Crippen LogP contribution is 2.30.